The number of hydrogen-bond acceptors (Lipinski definition) is 6. The SMILES string of the molecule is COC(=O)[C@@H]1C[C@@H](Oc2cnn(C)c2)CN1C(=O)OC(C)(C)C. The summed E-state index contributed by atoms with van der Waals surface area (Å²) in [6.45, 7) is 5.58. The average molecular weight is 325 g/mol. The fraction of sp³-hybridized carbons (Fsp3) is 0.667. The number of hydrogen-bond donors (Lipinski definition) is 0. The van der Waals surface area contributed by atoms with Gasteiger partial charge in [0.25, 0.3) is 0 Å². The minimum atomic E-state index is -0.712. The van der Waals surface area contributed by atoms with Crippen molar-refractivity contribution in [3.63, 3.8) is 0 Å². The number of methoxy groups -OCH3 is 1. The Kier molecular flexibility index (Phi) is 4.82. The van der Waals surface area contributed by atoms with Gasteiger partial charge in [0.2, 0.25) is 0 Å². The van der Waals surface area contributed by atoms with Crippen molar-refractivity contribution in [1.82, 2.24) is 14.7 Å². The standard InChI is InChI=1S/C15H23N3O5/c1-15(2,3)23-14(20)18-9-10(6-12(18)13(19)21-5)22-11-7-16-17(4)8-11/h7-8,10,12H,6,9H2,1-5H3/t10-,12+/m1/s1. The first-order valence-corrected chi connectivity index (χ1v) is 7.42. The van der Waals surface area contributed by atoms with Crippen LogP contribution >= 0.6 is 0 Å². The lowest BCUT2D eigenvalue weighted by Crippen LogP contribution is -2.44. The Labute approximate surface area is 135 Å². The van der Waals surface area contributed by atoms with Crippen LogP contribution in [0.1, 0.15) is 27.2 Å². The molecule has 1 aromatic rings. The Balaban J connectivity index is 2.09. The lowest BCUT2D eigenvalue weighted by Gasteiger charge is -2.27. The Morgan fingerprint density at radius 2 is 2.04 bits per heavy atom. The van der Waals surface area contributed by atoms with E-state index in [-0.39, 0.29) is 12.6 Å². The maximum Gasteiger partial charge on any atom is 0.411 e. The summed E-state index contributed by atoms with van der Waals surface area (Å²) in [5, 5.41) is 4.03. The molecule has 1 aromatic heterocycles. The van der Waals surface area contributed by atoms with Crippen LogP contribution in [0.15, 0.2) is 12.4 Å². The molecule has 128 valence electrons. The van der Waals surface area contributed by atoms with Crippen LogP contribution < -0.4 is 4.74 Å². The van der Waals surface area contributed by atoms with E-state index in [1.54, 1.807) is 44.9 Å². The van der Waals surface area contributed by atoms with Crippen molar-refractivity contribution in [2.75, 3.05) is 13.7 Å². The maximum atomic E-state index is 12.3. The Bertz CT molecular complexity index is 578. The van der Waals surface area contributed by atoms with E-state index in [2.05, 4.69) is 5.10 Å². The van der Waals surface area contributed by atoms with E-state index >= 15 is 0 Å². The zero-order valence-electron chi connectivity index (χ0n) is 14.1. The molecule has 0 saturated carbocycles. The van der Waals surface area contributed by atoms with Gasteiger partial charge in [-0.2, -0.15) is 5.10 Å². The summed E-state index contributed by atoms with van der Waals surface area (Å²) < 4.78 is 17.6. The third-order valence-corrected chi connectivity index (χ3v) is 3.35. The molecular formula is C15H23N3O5. The average Bonchev–Trinajstić information content (AvgIpc) is 3.03. The second-order valence-electron chi connectivity index (χ2n) is 6.50. The molecule has 0 N–H and O–H groups in total. The van der Waals surface area contributed by atoms with E-state index < -0.39 is 23.7 Å². The summed E-state index contributed by atoms with van der Waals surface area (Å²) in [6, 6.07) is -0.712. The van der Waals surface area contributed by atoms with Gasteiger partial charge in [-0.1, -0.05) is 0 Å². The highest BCUT2D eigenvalue weighted by Crippen LogP contribution is 2.25. The van der Waals surface area contributed by atoms with Crippen molar-refractivity contribution in [3.8, 4) is 5.75 Å². The van der Waals surface area contributed by atoms with Gasteiger partial charge in [0, 0.05) is 13.5 Å². The molecule has 1 aliphatic rings. The quantitative estimate of drug-likeness (QED) is 0.780. The molecule has 8 heteroatoms. The molecule has 0 bridgehead atoms. The number of carbonyl (C=O) groups excluding carboxylic acids is 2. The molecule has 0 aromatic carbocycles. The number of aryl methyl sites for hydroxylation is 1. The minimum Gasteiger partial charge on any atom is -0.485 e. The third-order valence-electron chi connectivity index (χ3n) is 3.35. The predicted molar refractivity (Wildman–Crippen MR) is 81.0 cm³/mol. The number of rotatable bonds is 3. The van der Waals surface area contributed by atoms with E-state index in [0.29, 0.717) is 12.2 Å². The fourth-order valence-electron chi connectivity index (χ4n) is 2.42. The zero-order chi connectivity index (χ0) is 17.2. The van der Waals surface area contributed by atoms with Gasteiger partial charge in [-0.15, -0.1) is 0 Å². The Hall–Kier alpha value is -2.25. The van der Waals surface area contributed by atoms with Crippen LogP contribution in [-0.2, 0) is 21.3 Å². The third kappa shape index (κ3) is 4.37. The second-order valence-corrected chi connectivity index (χ2v) is 6.50. The van der Waals surface area contributed by atoms with E-state index in [1.165, 1.54) is 12.0 Å². The molecule has 1 amide bonds. The lowest BCUT2D eigenvalue weighted by molar-refractivity contribution is -0.145. The Morgan fingerprint density at radius 1 is 1.35 bits per heavy atom. The van der Waals surface area contributed by atoms with Crippen molar-refractivity contribution >= 4 is 12.1 Å². The van der Waals surface area contributed by atoms with Crippen LogP contribution in [-0.4, -0.2) is 58.1 Å². The number of ether oxygens (including phenoxy) is 3. The highest BCUT2D eigenvalue weighted by Gasteiger charge is 2.43. The monoisotopic (exact) mass is 325 g/mol. The van der Waals surface area contributed by atoms with Gasteiger partial charge >= 0.3 is 12.1 Å². The van der Waals surface area contributed by atoms with Crippen molar-refractivity contribution in [3.05, 3.63) is 12.4 Å². The molecule has 1 saturated heterocycles. The van der Waals surface area contributed by atoms with Crippen LogP contribution in [0.4, 0.5) is 4.79 Å². The van der Waals surface area contributed by atoms with Gasteiger partial charge in [-0.05, 0) is 20.8 Å². The molecule has 0 unspecified atom stereocenters. The summed E-state index contributed by atoms with van der Waals surface area (Å²) in [7, 11) is 3.08. The molecule has 1 fully saturated rings. The van der Waals surface area contributed by atoms with Crippen LogP contribution in [0.3, 0.4) is 0 Å². The summed E-state index contributed by atoms with van der Waals surface area (Å²) in [4.78, 5) is 25.6. The van der Waals surface area contributed by atoms with Gasteiger partial charge in [-0.3, -0.25) is 9.58 Å². The van der Waals surface area contributed by atoms with E-state index in [1.807, 2.05) is 0 Å². The summed E-state index contributed by atoms with van der Waals surface area (Å²) in [5.74, 6) is 0.111. The first-order valence-electron chi connectivity index (χ1n) is 7.42. The molecular weight excluding hydrogens is 302 g/mol. The number of esters is 1. The number of carbonyl (C=O) groups is 2. The predicted octanol–water partition coefficient (Wildman–Crippen LogP) is 1.35. The van der Waals surface area contributed by atoms with Gasteiger partial charge in [0.15, 0.2) is 5.75 Å². The van der Waals surface area contributed by atoms with Crippen molar-refractivity contribution < 1.29 is 23.8 Å². The van der Waals surface area contributed by atoms with E-state index in [9.17, 15) is 9.59 Å². The molecule has 8 nitrogen and oxygen atoms in total. The van der Waals surface area contributed by atoms with Crippen LogP contribution in [0, 0.1) is 0 Å². The molecule has 2 rings (SSSR count). The topological polar surface area (TPSA) is 82.9 Å². The van der Waals surface area contributed by atoms with Crippen molar-refractivity contribution in [2.45, 2.75) is 44.9 Å². The minimum absolute atomic E-state index is 0.254. The summed E-state index contributed by atoms with van der Waals surface area (Å²) >= 11 is 0. The lowest BCUT2D eigenvalue weighted by atomic mass is 10.2. The first kappa shape index (κ1) is 17.1. The van der Waals surface area contributed by atoms with Crippen LogP contribution in [0.2, 0.25) is 0 Å². The molecule has 0 radical (unpaired) electrons. The number of nitrogens with zero attached hydrogens (tertiary/aromatic N) is 3. The molecule has 0 aliphatic carbocycles. The smallest absolute Gasteiger partial charge is 0.411 e. The molecule has 0 spiro atoms. The van der Waals surface area contributed by atoms with E-state index in [4.69, 9.17) is 14.2 Å². The highest BCUT2D eigenvalue weighted by molar-refractivity contribution is 5.82. The molecule has 1 aliphatic heterocycles. The zero-order valence-corrected chi connectivity index (χ0v) is 14.1. The second kappa shape index (κ2) is 6.47. The first-order chi connectivity index (χ1) is 10.7. The molecule has 2 heterocycles. The van der Waals surface area contributed by atoms with Gasteiger partial charge in [-0.25, -0.2) is 9.59 Å². The normalized spacial score (nSPS) is 21.2. The van der Waals surface area contributed by atoms with Gasteiger partial charge in [0.1, 0.15) is 17.7 Å². The van der Waals surface area contributed by atoms with Gasteiger partial charge in [0.05, 0.1) is 26.0 Å². The van der Waals surface area contributed by atoms with Crippen molar-refractivity contribution in [1.29, 1.82) is 0 Å². The van der Waals surface area contributed by atoms with Crippen LogP contribution in [0.5, 0.6) is 5.75 Å². The fourth-order valence-corrected chi connectivity index (χ4v) is 2.42. The highest BCUT2D eigenvalue weighted by atomic mass is 16.6. The number of amides is 1. The van der Waals surface area contributed by atoms with Crippen LogP contribution in [0.25, 0.3) is 0 Å². The maximum absolute atomic E-state index is 12.3. The van der Waals surface area contributed by atoms with E-state index in [0.717, 1.165) is 0 Å². The van der Waals surface area contributed by atoms with Gasteiger partial charge < -0.3 is 14.2 Å². The summed E-state index contributed by atoms with van der Waals surface area (Å²) in [6.07, 6.45) is 2.79. The largest absolute Gasteiger partial charge is 0.485 e. The summed E-state index contributed by atoms with van der Waals surface area (Å²) in [5.41, 5.74) is -0.639. The Morgan fingerprint density at radius 3 is 2.57 bits per heavy atom. The molecule has 2 atom stereocenters. The number of aromatic nitrogens is 2. The number of likely N-dealkylation sites (tertiary alicyclic amines) is 1. The molecule has 23 heavy (non-hydrogen) atoms. The van der Waals surface area contributed by atoms with Crippen molar-refractivity contribution in [2.24, 2.45) is 7.05 Å².